The Hall–Kier alpha value is -2.93. The third-order valence-corrected chi connectivity index (χ3v) is 3.66. The van der Waals surface area contributed by atoms with E-state index in [1.165, 1.54) is 0 Å². The van der Waals surface area contributed by atoms with Crippen LogP contribution in [0.4, 0.5) is 5.69 Å². The van der Waals surface area contributed by atoms with Gasteiger partial charge in [0, 0.05) is 24.2 Å². The van der Waals surface area contributed by atoms with Gasteiger partial charge in [-0.25, -0.2) is 0 Å². The lowest BCUT2D eigenvalue weighted by Crippen LogP contribution is -2.24. The van der Waals surface area contributed by atoms with Crippen LogP contribution >= 0.6 is 12.2 Å². The van der Waals surface area contributed by atoms with Gasteiger partial charge in [-0.3, -0.25) is 9.59 Å². The first-order chi connectivity index (χ1) is 12.0. The van der Waals surface area contributed by atoms with E-state index < -0.39 is 5.97 Å². The van der Waals surface area contributed by atoms with Gasteiger partial charge in [0.25, 0.3) is 5.91 Å². The zero-order valence-electron chi connectivity index (χ0n) is 13.5. The number of carbonyl (C=O) groups excluding carboxylic acids is 1. The van der Waals surface area contributed by atoms with E-state index in [9.17, 15) is 9.59 Å². The molecule has 5 N–H and O–H groups in total. The highest BCUT2D eigenvalue weighted by atomic mass is 32.1. The van der Waals surface area contributed by atoms with Crippen molar-refractivity contribution in [3.63, 3.8) is 0 Å². The Balaban J connectivity index is 2.03. The van der Waals surface area contributed by atoms with Crippen LogP contribution in [-0.2, 0) is 17.8 Å². The van der Waals surface area contributed by atoms with E-state index in [-0.39, 0.29) is 17.4 Å². The molecule has 6 nitrogen and oxygen atoms in total. The lowest BCUT2D eigenvalue weighted by Gasteiger charge is -2.11. The molecule has 0 spiro atoms. The summed E-state index contributed by atoms with van der Waals surface area (Å²) in [4.78, 5) is 23.1. The number of hydrogen-bond acceptors (Lipinski definition) is 3. The molecule has 7 heteroatoms. The Labute approximate surface area is 151 Å². The van der Waals surface area contributed by atoms with Gasteiger partial charge in [-0.05, 0) is 48.0 Å². The molecule has 1 amide bonds. The Kier molecular flexibility index (Phi) is 6.47. The number of carboxylic acid groups (broad SMARTS) is 1. The summed E-state index contributed by atoms with van der Waals surface area (Å²) in [7, 11) is 0. The standard InChI is InChI=1S/C18H19N3O3S/c19-18(25)21-15-7-3-6-13(10-15)17(24)20-11-14-5-2-1-4-12(14)8-9-16(22)23/h1-7,10H,8-9,11H2,(H,20,24)(H,22,23)(H3,19,21,25). The highest BCUT2D eigenvalue weighted by molar-refractivity contribution is 7.80. The first kappa shape index (κ1) is 18.4. The fraction of sp³-hybridized carbons (Fsp3) is 0.167. The van der Waals surface area contributed by atoms with Crippen LogP contribution in [0.1, 0.15) is 27.9 Å². The number of aliphatic carboxylic acids is 1. The van der Waals surface area contributed by atoms with Crippen molar-refractivity contribution >= 4 is 34.9 Å². The zero-order valence-corrected chi connectivity index (χ0v) is 14.3. The average molecular weight is 357 g/mol. The van der Waals surface area contributed by atoms with E-state index in [0.29, 0.717) is 24.2 Å². The molecule has 0 aliphatic carbocycles. The van der Waals surface area contributed by atoms with Crippen molar-refractivity contribution in [3.8, 4) is 0 Å². The zero-order chi connectivity index (χ0) is 18.2. The minimum absolute atomic E-state index is 0.0532. The Morgan fingerprint density at radius 3 is 2.48 bits per heavy atom. The van der Waals surface area contributed by atoms with E-state index in [1.807, 2.05) is 24.3 Å². The molecule has 0 saturated carbocycles. The topological polar surface area (TPSA) is 104 Å². The fourth-order valence-electron chi connectivity index (χ4n) is 2.37. The van der Waals surface area contributed by atoms with Crippen molar-refractivity contribution in [2.24, 2.45) is 5.73 Å². The van der Waals surface area contributed by atoms with Crippen molar-refractivity contribution in [2.75, 3.05) is 5.32 Å². The van der Waals surface area contributed by atoms with Crippen molar-refractivity contribution in [2.45, 2.75) is 19.4 Å². The molecule has 2 aromatic carbocycles. The molecule has 0 radical (unpaired) electrons. The smallest absolute Gasteiger partial charge is 0.303 e. The number of carboxylic acids is 1. The maximum absolute atomic E-state index is 12.3. The van der Waals surface area contributed by atoms with Gasteiger partial charge in [0.05, 0.1) is 0 Å². The normalized spacial score (nSPS) is 10.1. The molecule has 0 heterocycles. The Morgan fingerprint density at radius 2 is 1.80 bits per heavy atom. The van der Waals surface area contributed by atoms with E-state index in [0.717, 1.165) is 11.1 Å². The molecule has 0 aromatic heterocycles. The van der Waals surface area contributed by atoms with E-state index in [1.54, 1.807) is 24.3 Å². The molecule has 2 aromatic rings. The molecule has 0 aliphatic rings. The maximum Gasteiger partial charge on any atom is 0.303 e. The molecule has 0 fully saturated rings. The summed E-state index contributed by atoms with van der Waals surface area (Å²) >= 11 is 4.78. The number of nitrogens with two attached hydrogens (primary N) is 1. The number of rotatable bonds is 7. The van der Waals surface area contributed by atoms with Crippen molar-refractivity contribution in [1.82, 2.24) is 5.32 Å². The first-order valence-electron chi connectivity index (χ1n) is 7.69. The lowest BCUT2D eigenvalue weighted by molar-refractivity contribution is -0.136. The summed E-state index contributed by atoms with van der Waals surface area (Å²) in [6.45, 7) is 0.321. The Morgan fingerprint density at radius 1 is 1.08 bits per heavy atom. The van der Waals surface area contributed by atoms with Gasteiger partial charge < -0.3 is 21.5 Å². The average Bonchev–Trinajstić information content (AvgIpc) is 2.58. The highest BCUT2D eigenvalue weighted by Gasteiger charge is 2.09. The van der Waals surface area contributed by atoms with Gasteiger partial charge in [0.15, 0.2) is 5.11 Å². The molecule has 0 bridgehead atoms. The summed E-state index contributed by atoms with van der Waals surface area (Å²) in [5.74, 6) is -1.08. The van der Waals surface area contributed by atoms with Crippen LogP contribution in [0.5, 0.6) is 0 Å². The molecule has 0 saturated heterocycles. The minimum Gasteiger partial charge on any atom is -0.481 e. The van der Waals surface area contributed by atoms with E-state index >= 15 is 0 Å². The molecule has 2 rings (SSSR count). The monoisotopic (exact) mass is 357 g/mol. The summed E-state index contributed by atoms with van der Waals surface area (Å²) in [5.41, 5.74) is 8.36. The number of hydrogen-bond donors (Lipinski definition) is 4. The summed E-state index contributed by atoms with van der Waals surface area (Å²) in [6.07, 6.45) is 0.479. The van der Waals surface area contributed by atoms with Crippen molar-refractivity contribution < 1.29 is 14.7 Å². The third-order valence-electron chi connectivity index (χ3n) is 3.56. The van der Waals surface area contributed by atoms with Gasteiger partial charge in [-0.1, -0.05) is 30.3 Å². The first-order valence-corrected chi connectivity index (χ1v) is 8.10. The molecule has 0 aliphatic heterocycles. The predicted octanol–water partition coefficient (Wildman–Crippen LogP) is 2.29. The van der Waals surface area contributed by atoms with Gasteiger partial charge in [0.1, 0.15) is 0 Å². The summed E-state index contributed by atoms with van der Waals surface area (Å²) < 4.78 is 0. The van der Waals surface area contributed by atoms with Gasteiger partial charge in [-0.15, -0.1) is 0 Å². The van der Waals surface area contributed by atoms with Crippen LogP contribution in [0.2, 0.25) is 0 Å². The SMILES string of the molecule is NC(=S)Nc1cccc(C(=O)NCc2ccccc2CCC(=O)O)c1. The van der Waals surface area contributed by atoms with E-state index in [4.69, 9.17) is 23.1 Å². The Bertz CT molecular complexity index is 793. The van der Waals surface area contributed by atoms with Crippen LogP contribution < -0.4 is 16.4 Å². The second-order valence-electron chi connectivity index (χ2n) is 5.42. The largest absolute Gasteiger partial charge is 0.481 e. The molecule has 0 unspecified atom stereocenters. The summed E-state index contributed by atoms with van der Waals surface area (Å²) in [6, 6.07) is 14.3. The van der Waals surface area contributed by atoms with Crippen LogP contribution in [-0.4, -0.2) is 22.1 Å². The molecule has 0 atom stereocenters. The van der Waals surface area contributed by atoms with E-state index in [2.05, 4.69) is 10.6 Å². The summed E-state index contributed by atoms with van der Waals surface area (Å²) in [5, 5.41) is 14.6. The minimum atomic E-state index is -0.846. The fourth-order valence-corrected chi connectivity index (χ4v) is 2.49. The molecule has 25 heavy (non-hydrogen) atoms. The van der Waals surface area contributed by atoms with Crippen LogP contribution in [0.3, 0.4) is 0 Å². The van der Waals surface area contributed by atoms with Gasteiger partial charge >= 0.3 is 5.97 Å². The van der Waals surface area contributed by atoms with Crippen molar-refractivity contribution in [1.29, 1.82) is 0 Å². The number of amides is 1. The lowest BCUT2D eigenvalue weighted by atomic mass is 10.0. The highest BCUT2D eigenvalue weighted by Crippen LogP contribution is 2.13. The van der Waals surface area contributed by atoms with Crippen molar-refractivity contribution in [3.05, 3.63) is 65.2 Å². The third kappa shape index (κ3) is 5.89. The quantitative estimate of drug-likeness (QED) is 0.567. The number of benzene rings is 2. The van der Waals surface area contributed by atoms with Crippen LogP contribution in [0, 0.1) is 0 Å². The number of aryl methyl sites for hydroxylation is 1. The number of anilines is 1. The van der Waals surface area contributed by atoms with Gasteiger partial charge in [-0.2, -0.15) is 0 Å². The molecule has 130 valence electrons. The number of carbonyl (C=O) groups is 2. The number of thiocarbonyl (C=S) groups is 1. The maximum atomic E-state index is 12.3. The second kappa shape index (κ2) is 8.79. The predicted molar refractivity (Wildman–Crippen MR) is 100 cm³/mol. The molecular weight excluding hydrogens is 338 g/mol. The van der Waals surface area contributed by atoms with Gasteiger partial charge in [0.2, 0.25) is 0 Å². The van der Waals surface area contributed by atoms with Crippen LogP contribution in [0.25, 0.3) is 0 Å². The molecular formula is C18H19N3O3S. The van der Waals surface area contributed by atoms with Crippen LogP contribution in [0.15, 0.2) is 48.5 Å². The second-order valence-corrected chi connectivity index (χ2v) is 5.86. The number of nitrogens with one attached hydrogen (secondary N) is 2.